The van der Waals surface area contributed by atoms with Gasteiger partial charge in [0.25, 0.3) is 0 Å². The van der Waals surface area contributed by atoms with Crippen molar-refractivity contribution < 1.29 is 5.11 Å². The van der Waals surface area contributed by atoms with Crippen molar-refractivity contribution in [2.45, 2.75) is 33.3 Å². The Morgan fingerprint density at radius 2 is 2.21 bits per heavy atom. The number of allylic oxidation sites excluding steroid dienone is 1. The maximum absolute atomic E-state index is 8.98. The topological polar surface area (TPSA) is 46.0 Å². The van der Waals surface area contributed by atoms with Gasteiger partial charge in [-0.3, -0.25) is 0 Å². The van der Waals surface area contributed by atoms with Gasteiger partial charge in [-0.1, -0.05) is 19.9 Å². The third-order valence-corrected chi connectivity index (χ3v) is 1.97. The van der Waals surface area contributed by atoms with E-state index in [-0.39, 0.29) is 6.61 Å². The number of aliphatic hydroxyl groups excluding tert-OH is 1. The first-order chi connectivity index (χ1) is 6.67. The van der Waals surface area contributed by atoms with Crippen molar-refractivity contribution in [2.75, 3.05) is 0 Å². The molecule has 0 aromatic carbocycles. The van der Waals surface area contributed by atoms with Crippen LogP contribution >= 0.6 is 0 Å². The first-order valence-electron chi connectivity index (χ1n) is 4.81. The molecule has 0 aliphatic heterocycles. The number of nitrogens with zero attached hydrogens (tertiary/aromatic N) is 2. The van der Waals surface area contributed by atoms with Crippen LogP contribution in [-0.2, 0) is 6.61 Å². The summed E-state index contributed by atoms with van der Waals surface area (Å²) in [6.07, 6.45) is 1.98. The first-order valence-corrected chi connectivity index (χ1v) is 4.81. The second-order valence-corrected chi connectivity index (χ2v) is 3.30. The van der Waals surface area contributed by atoms with Crippen molar-refractivity contribution in [3.63, 3.8) is 0 Å². The monoisotopic (exact) mass is 192 g/mol. The molecule has 0 atom stereocenters. The summed E-state index contributed by atoms with van der Waals surface area (Å²) < 4.78 is 0. The summed E-state index contributed by atoms with van der Waals surface area (Å²) >= 11 is 0. The largest absolute Gasteiger partial charge is 0.390 e. The van der Waals surface area contributed by atoms with Gasteiger partial charge < -0.3 is 5.11 Å². The second kappa shape index (κ2) is 4.86. The number of hydrogen-bond acceptors (Lipinski definition) is 3. The molecule has 0 amide bonds. The molecule has 0 unspecified atom stereocenters. The molecule has 3 nitrogen and oxygen atoms in total. The normalized spacial score (nSPS) is 10.2. The Hall–Kier alpha value is -1.22. The molecule has 76 valence electrons. The maximum atomic E-state index is 8.98. The van der Waals surface area contributed by atoms with Crippen molar-refractivity contribution in [1.82, 2.24) is 9.97 Å². The maximum Gasteiger partial charge on any atom is 0.126 e. The highest BCUT2D eigenvalue weighted by molar-refractivity contribution is 5.60. The average Bonchev–Trinajstić information content (AvgIpc) is 2.17. The smallest absolute Gasteiger partial charge is 0.126 e. The van der Waals surface area contributed by atoms with E-state index in [1.54, 1.807) is 6.07 Å². The number of hydrogen-bond donors (Lipinski definition) is 1. The predicted molar refractivity (Wildman–Crippen MR) is 56.6 cm³/mol. The second-order valence-electron chi connectivity index (χ2n) is 3.30. The Labute approximate surface area is 84.5 Å². The fraction of sp³-hybridized carbons (Fsp3) is 0.455. The van der Waals surface area contributed by atoms with Crippen LogP contribution in [0.5, 0.6) is 0 Å². The zero-order chi connectivity index (χ0) is 10.6. The van der Waals surface area contributed by atoms with Crippen LogP contribution in [0.25, 0.3) is 5.57 Å². The van der Waals surface area contributed by atoms with Crippen molar-refractivity contribution in [3.05, 3.63) is 29.9 Å². The number of rotatable bonds is 4. The van der Waals surface area contributed by atoms with Gasteiger partial charge in [-0.2, -0.15) is 0 Å². The molecule has 0 spiro atoms. The van der Waals surface area contributed by atoms with E-state index in [1.165, 1.54) is 0 Å². The highest BCUT2D eigenvalue weighted by atomic mass is 16.3. The number of aryl methyl sites for hydroxylation is 1. The van der Waals surface area contributed by atoms with Gasteiger partial charge in [-0.15, -0.1) is 0 Å². The van der Waals surface area contributed by atoms with Gasteiger partial charge >= 0.3 is 0 Å². The Kier molecular flexibility index (Phi) is 3.77. The van der Waals surface area contributed by atoms with E-state index >= 15 is 0 Å². The summed E-state index contributed by atoms with van der Waals surface area (Å²) in [4.78, 5) is 8.37. The molecule has 3 heteroatoms. The van der Waals surface area contributed by atoms with E-state index in [9.17, 15) is 0 Å². The van der Waals surface area contributed by atoms with Gasteiger partial charge in [0.1, 0.15) is 5.82 Å². The summed E-state index contributed by atoms with van der Waals surface area (Å²) in [5, 5.41) is 8.98. The molecule has 1 aromatic rings. The molecule has 1 heterocycles. The molecule has 1 N–H and O–H groups in total. The molecule has 14 heavy (non-hydrogen) atoms. The lowest BCUT2D eigenvalue weighted by molar-refractivity contribution is 0.276. The van der Waals surface area contributed by atoms with Crippen molar-refractivity contribution >= 4 is 5.57 Å². The first kappa shape index (κ1) is 10.9. The summed E-state index contributed by atoms with van der Waals surface area (Å²) in [6, 6.07) is 1.80. The van der Waals surface area contributed by atoms with E-state index in [0.29, 0.717) is 11.5 Å². The lowest BCUT2D eigenvalue weighted by Crippen LogP contribution is -1.99. The van der Waals surface area contributed by atoms with Crippen LogP contribution < -0.4 is 0 Å². The molecular weight excluding hydrogens is 176 g/mol. The van der Waals surface area contributed by atoms with Gasteiger partial charge in [-0.25, -0.2) is 9.97 Å². The fourth-order valence-electron chi connectivity index (χ4n) is 1.32. The van der Waals surface area contributed by atoms with Crippen molar-refractivity contribution in [2.24, 2.45) is 0 Å². The van der Waals surface area contributed by atoms with Crippen LogP contribution in [0.1, 0.15) is 37.0 Å². The minimum absolute atomic E-state index is 0.0459. The zero-order valence-electron chi connectivity index (χ0n) is 8.75. The van der Waals surface area contributed by atoms with Gasteiger partial charge in [0.2, 0.25) is 0 Å². The van der Waals surface area contributed by atoms with E-state index in [0.717, 1.165) is 24.1 Å². The zero-order valence-corrected chi connectivity index (χ0v) is 8.75. The molecule has 0 saturated carbocycles. The molecule has 0 bridgehead atoms. The minimum Gasteiger partial charge on any atom is -0.390 e. The van der Waals surface area contributed by atoms with Gasteiger partial charge in [-0.05, 0) is 25.0 Å². The summed E-state index contributed by atoms with van der Waals surface area (Å²) in [5.74, 6) is 0.684. The van der Waals surface area contributed by atoms with Crippen LogP contribution in [0.4, 0.5) is 0 Å². The van der Waals surface area contributed by atoms with Gasteiger partial charge in [0, 0.05) is 0 Å². The fourth-order valence-corrected chi connectivity index (χ4v) is 1.32. The summed E-state index contributed by atoms with van der Waals surface area (Å²) in [6.45, 7) is 7.84. The summed E-state index contributed by atoms with van der Waals surface area (Å²) in [5.41, 5.74) is 2.51. The Bertz CT molecular complexity index is 334. The molecule has 1 aromatic heterocycles. The van der Waals surface area contributed by atoms with E-state index in [4.69, 9.17) is 5.11 Å². The lowest BCUT2D eigenvalue weighted by Gasteiger charge is -2.06. The summed E-state index contributed by atoms with van der Waals surface area (Å²) in [7, 11) is 0. The van der Waals surface area contributed by atoms with Crippen molar-refractivity contribution in [3.8, 4) is 0 Å². The number of aromatic nitrogens is 2. The van der Waals surface area contributed by atoms with Crippen LogP contribution in [0, 0.1) is 6.92 Å². The SMILES string of the molecule is C=C(CCC)c1cc(CO)nc(C)n1. The van der Waals surface area contributed by atoms with Gasteiger partial charge in [0.05, 0.1) is 18.0 Å². The Morgan fingerprint density at radius 3 is 2.79 bits per heavy atom. The van der Waals surface area contributed by atoms with Crippen molar-refractivity contribution in [1.29, 1.82) is 0 Å². The van der Waals surface area contributed by atoms with Gasteiger partial charge in [0.15, 0.2) is 0 Å². The molecule has 0 radical (unpaired) electrons. The van der Waals surface area contributed by atoms with E-state index < -0.39 is 0 Å². The predicted octanol–water partition coefficient (Wildman–Crippen LogP) is 2.09. The van der Waals surface area contributed by atoms with E-state index in [2.05, 4.69) is 23.5 Å². The number of aliphatic hydroxyl groups is 1. The van der Waals surface area contributed by atoms with Crippen LogP contribution in [-0.4, -0.2) is 15.1 Å². The highest BCUT2D eigenvalue weighted by Crippen LogP contribution is 2.16. The lowest BCUT2D eigenvalue weighted by atomic mass is 10.1. The van der Waals surface area contributed by atoms with E-state index in [1.807, 2.05) is 6.92 Å². The molecule has 0 aliphatic rings. The third kappa shape index (κ3) is 2.64. The molecule has 0 saturated heterocycles. The highest BCUT2D eigenvalue weighted by Gasteiger charge is 2.03. The standard InChI is InChI=1S/C11H16N2O/c1-4-5-8(2)11-6-10(7-14)12-9(3)13-11/h6,14H,2,4-5,7H2,1,3H3. The molecular formula is C11H16N2O. The quantitative estimate of drug-likeness (QED) is 0.794. The molecule has 0 aliphatic carbocycles. The Balaban J connectivity index is 2.96. The molecule has 0 fully saturated rings. The average molecular weight is 192 g/mol. The van der Waals surface area contributed by atoms with Crippen LogP contribution in [0.15, 0.2) is 12.6 Å². The van der Waals surface area contributed by atoms with Crippen LogP contribution in [0.3, 0.4) is 0 Å². The third-order valence-electron chi connectivity index (χ3n) is 1.97. The Morgan fingerprint density at radius 1 is 1.50 bits per heavy atom. The minimum atomic E-state index is -0.0459. The molecule has 1 rings (SSSR count). The van der Waals surface area contributed by atoms with Crippen LogP contribution in [0.2, 0.25) is 0 Å².